The highest BCUT2D eigenvalue weighted by atomic mass is 16.2. The molecule has 1 amide bonds. The predicted molar refractivity (Wildman–Crippen MR) is 104 cm³/mol. The maximum atomic E-state index is 12.7. The number of hydrogen-bond acceptors (Lipinski definition) is 6. The van der Waals surface area contributed by atoms with Crippen LogP contribution in [-0.4, -0.2) is 65.8 Å². The lowest BCUT2D eigenvalue weighted by molar-refractivity contribution is -0.137. The Bertz CT molecular complexity index is 671. The van der Waals surface area contributed by atoms with Crippen LogP contribution in [-0.2, 0) is 9.59 Å². The summed E-state index contributed by atoms with van der Waals surface area (Å²) >= 11 is 0. The van der Waals surface area contributed by atoms with Gasteiger partial charge in [0.15, 0.2) is 0 Å². The molecule has 0 radical (unpaired) electrons. The second-order valence-electron chi connectivity index (χ2n) is 7.89. The van der Waals surface area contributed by atoms with Crippen LogP contribution in [0.4, 0.5) is 11.8 Å². The number of amides is 1. The number of nitrogens with zero attached hydrogens (tertiary/aromatic N) is 5. The first-order valence-electron chi connectivity index (χ1n) is 10.3. The van der Waals surface area contributed by atoms with Gasteiger partial charge in [-0.2, -0.15) is 4.98 Å². The Hall–Kier alpha value is -2.18. The van der Waals surface area contributed by atoms with Crippen LogP contribution in [0.25, 0.3) is 0 Å². The largest absolute Gasteiger partial charge is 0.353 e. The third-order valence-electron chi connectivity index (χ3n) is 6.07. The molecule has 4 rings (SSSR count). The lowest BCUT2D eigenvalue weighted by atomic mass is 9.87. The van der Waals surface area contributed by atoms with Crippen LogP contribution in [0.3, 0.4) is 0 Å². The second-order valence-corrected chi connectivity index (χ2v) is 7.89. The fraction of sp³-hybridized carbons (Fsp3) is 0.700. The molecule has 1 aromatic rings. The molecule has 2 aliphatic heterocycles. The number of piperidine rings is 1. The summed E-state index contributed by atoms with van der Waals surface area (Å²) in [7, 11) is 0. The van der Waals surface area contributed by atoms with Gasteiger partial charge < -0.3 is 14.7 Å². The predicted octanol–water partition coefficient (Wildman–Crippen LogP) is 1.87. The Morgan fingerprint density at radius 1 is 0.926 bits per heavy atom. The van der Waals surface area contributed by atoms with Crippen molar-refractivity contribution in [3.05, 3.63) is 12.3 Å². The van der Waals surface area contributed by atoms with E-state index in [9.17, 15) is 9.59 Å². The summed E-state index contributed by atoms with van der Waals surface area (Å²) < 4.78 is 0. The summed E-state index contributed by atoms with van der Waals surface area (Å²) in [4.78, 5) is 39.9. The van der Waals surface area contributed by atoms with Gasteiger partial charge in [-0.25, -0.2) is 4.98 Å². The molecule has 0 atom stereocenters. The highest BCUT2D eigenvalue weighted by molar-refractivity contribution is 5.84. The van der Waals surface area contributed by atoms with E-state index in [1.54, 1.807) is 0 Å². The highest BCUT2D eigenvalue weighted by Gasteiger charge is 2.30. The van der Waals surface area contributed by atoms with Crippen molar-refractivity contribution < 1.29 is 9.59 Å². The van der Waals surface area contributed by atoms with E-state index in [1.807, 2.05) is 17.2 Å². The fourth-order valence-electron chi connectivity index (χ4n) is 4.36. The van der Waals surface area contributed by atoms with Crippen molar-refractivity contribution in [2.75, 3.05) is 49.1 Å². The van der Waals surface area contributed by atoms with Gasteiger partial charge in [0, 0.05) is 64.2 Å². The number of Topliss-reactive ketones (excluding diaryl/α,β-unsaturated/α-hetero) is 1. The second kappa shape index (κ2) is 8.23. The van der Waals surface area contributed by atoms with Crippen molar-refractivity contribution in [1.82, 2.24) is 14.9 Å². The van der Waals surface area contributed by atoms with Crippen LogP contribution in [0.1, 0.15) is 44.9 Å². The average molecular weight is 371 g/mol. The number of aromatic nitrogens is 2. The number of hydrogen-bond donors (Lipinski definition) is 0. The van der Waals surface area contributed by atoms with Gasteiger partial charge in [-0.1, -0.05) is 0 Å². The van der Waals surface area contributed by atoms with Crippen LogP contribution in [0.15, 0.2) is 12.3 Å². The van der Waals surface area contributed by atoms with Crippen molar-refractivity contribution in [2.24, 2.45) is 5.92 Å². The molecule has 0 unspecified atom stereocenters. The van der Waals surface area contributed by atoms with Crippen LogP contribution in [0.5, 0.6) is 0 Å². The summed E-state index contributed by atoms with van der Waals surface area (Å²) in [5, 5.41) is 0. The van der Waals surface area contributed by atoms with Gasteiger partial charge in [0.2, 0.25) is 11.9 Å². The van der Waals surface area contributed by atoms with Crippen LogP contribution in [0, 0.1) is 5.92 Å². The Morgan fingerprint density at radius 2 is 1.63 bits per heavy atom. The molecule has 7 heteroatoms. The smallest absolute Gasteiger partial charge is 0.227 e. The summed E-state index contributed by atoms with van der Waals surface area (Å²) in [6, 6.07) is 1.97. The topological polar surface area (TPSA) is 69.6 Å². The van der Waals surface area contributed by atoms with Crippen LogP contribution in [0.2, 0.25) is 0 Å². The number of carbonyl (C=O) groups is 2. The van der Waals surface area contributed by atoms with Crippen molar-refractivity contribution in [1.29, 1.82) is 0 Å². The lowest BCUT2D eigenvalue weighted by Gasteiger charge is -2.37. The van der Waals surface area contributed by atoms with E-state index in [2.05, 4.69) is 14.8 Å². The molecule has 0 N–H and O–H groups in total. The van der Waals surface area contributed by atoms with E-state index >= 15 is 0 Å². The number of piperazine rings is 1. The van der Waals surface area contributed by atoms with Gasteiger partial charge in [0.05, 0.1) is 0 Å². The van der Waals surface area contributed by atoms with Crippen LogP contribution >= 0.6 is 0 Å². The van der Waals surface area contributed by atoms with Crippen molar-refractivity contribution in [2.45, 2.75) is 44.9 Å². The standard InChI is InChI=1S/C20H29N5O2/c26-17-6-4-16(5-7-17)19(27)24-14-12-23(13-15-24)18-8-9-21-20(22-18)25-10-2-1-3-11-25/h8-9,16H,1-7,10-15H2. The van der Waals surface area contributed by atoms with Gasteiger partial charge in [-0.3, -0.25) is 9.59 Å². The maximum Gasteiger partial charge on any atom is 0.227 e. The van der Waals surface area contributed by atoms with Crippen molar-refractivity contribution >= 4 is 23.5 Å². The summed E-state index contributed by atoms with van der Waals surface area (Å²) in [5.41, 5.74) is 0. The van der Waals surface area contributed by atoms with E-state index in [0.29, 0.717) is 18.6 Å². The highest BCUT2D eigenvalue weighted by Crippen LogP contribution is 2.25. The first-order valence-corrected chi connectivity index (χ1v) is 10.3. The quantitative estimate of drug-likeness (QED) is 0.808. The minimum absolute atomic E-state index is 0.0407. The Morgan fingerprint density at radius 3 is 2.33 bits per heavy atom. The van der Waals surface area contributed by atoms with Gasteiger partial charge in [-0.15, -0.1) is 0 Å². The number of rotatable bonds is 3. The molecular formula is C20H29N5O2. The third kappa shape index (κ3) is 4.22. The zero-order valence-electron chi connectivity index (χ0n) is 16.0. The van der Waals surface area contributed by atoms with E-state index in [4.69, 9.17) is 4.98 Å². The van der Waals surface area contributed by atoms with E-state index < -0.39 is 0 Å². The maximum absolute atomic E-state index is 12.7. The van der Waals surface area contributed by atoms with Crippen molar-refractivity contribution in [3.8, 4) is 0 Å². The number of ketones is 1. The molecule has 2 saturated heterocycles. The third-order valence-corrected chi connectivity index (χ3v) is 6.07. The molecule has 3 aliphatic rings. The minimum Gasteiger partial charge on any atom is -0.353 e. The van der Waals surface area contributed by atoms with Gasteiger partial charge in [0.25, 0.3) is 0 Å². The Kier molecular flexibility index (Phi) is 5.55. The number of anilines is 2. The molecule has 27 heavy (non-hydrogen) atoms. The van der Waals surface area contributed by atoms with Gasteiger partial charge in [0.1, 0.15) is 11.6 Å². The zero-order valence-corrected chi connectivity index (χ0v) is 16.0. The lowest BCUT2D eigenvalue weighted by Crippen LogP contribution is -2.51. The van der Waals surface area contributed by atoms with Crippen LogP contribution < -0.4 is 9.80 Å². The molecule has 3 heterocycles. The molecule has 1 aromatic heterocycles. The van der Waals surface area contributed by atoms with E-state index in [1.165, 1.54) is 19.3 Å². The molecule has 0 spiro atoms. The monoisotopic (exact) mass is 371 g/mol. The molecule has 3 fully saturated rings. The summed E-state index contributed by atoms with van der Waals surface area (Å²) in [5.74, 6) is 2.37. The Balaban J connectivity index is 1.33. The molecule has 1 saturated carbocycles. The average Bonchev–Trinajstić information content (AvgIpc) is 2.75. The molecular weight excluding hydrogens is 342 g/mol. The van der Waals surface area contributed by atoms with E-state index in [-0.39, 0.29) is 11.8 Å². The first-order chi connectivity index (χ1) is 13.2. The minimum atomic E-state index is 0.0407. The molecule has 0 bridgehead atoms. The van der Waals surface area contributed by atoms with Gasteiger partial charge >= 0.3 is 0 Å². The van der Waals surface area contributed by atoms with Crippen molar-refractivity contribution in [3.63, 3.8) is 0 Å². The molecule has 146 valence electrons. The zero-order chi connectivity index (χ0) is 18.6. The first kappa shape index (κ1) is 18.2. The molecule has 1 aliphatic carbocycles. The fourth-order valence-corrected chi connectivity index (χ4v) is 4.36. The Labute approximate surface area is 160 Å². The van der Waals surface area contributed by atoms with Gasteiger partial charge in [-0.05, 0) is 38.2 Å². The molecule has 0 aromatic carbocycles. The summed E-state index contributed by atoms with van der Waals surface area (Å²) in [6.45, 7) is 5.13. The van der Waals surface area contributed by atoms with E-state index in [0.717, 1.165) is 63.9 Å². The SMILES string of the molecule is O=C1CCC(C(=O)N2CCN(c3ccnc(N4CCCCC4)n3)CC2)CC1. The molecule has 7 nitrogen and oxygen atoms in total. The normalized spacial score (nSPS) is 22.2. The number of carbonyl (C=O) groups excluding carboxylic acids is 2. The summed E-state index contributed by atoms with van der Waals surface area (Å²) in [6.07, 6.45) is 8.14.